The van der Waals surface area contributed by atoms with Gasteiger partial charge in [0.2, 0.25) is 0 Å². The number of benzene rings is 1. The maximum Gasteiger partial charge on any atom is 0.183 e. The molecule has 0 saturated carbocycles. The van der Waals surface area contributed by atoms with E-state index in [1.165, 1.54) is 6.07 Å². The Kier molecular flexibility index (Phi) is 3.15. The molecule has 1 aliphatic heterocycles. The second-order valence-electron chi connectivity index (χ2n) is 3.10. The average molecular weight is 261 g/mol. The molecule has 0 bridgehead atoms. The quantitative estimate of drug-likeness (QED) is 0.773. The van der Waals surface area contributed by atoms with Crippen LogP contribution >= 0.6 is 15.9 Å². The molecule has 4 heteroatoms. The lowest BCUT2D eigenvalue weighted by Gasteiger charge is -2.23. The van der Waals surface area contributed by atoms with Crippen molar-refractivity contribution in [2.75, 3.05) is 13.2 Å². The highest BCUT2D eigenvalue weighted by Gasteiger charge is 2.17. The molecule has 0 atom stereocenters. The van der Waals surface area contributed by atoms with Crippen molar-refractivity contribution in [3.8, 4) is 0 Å². The SMILES string of the molecule is Fc1cc(C2OCCCO2)ccc1Br. The standard InChI is InChI=1S/C10H10BrFO2/c11-8-3-2-7(6-9(8)12)10-13-4-1-5-14-10/h2-3,6,10H,1,4-5H2. The van der Waals surface area contributed by atoms with Gasteiger partial charge in [0.25, 0.3) is 0 Å². The number of hydrogen-bond donors (Lipinski definition) is 0. The van der Waals surface area contributed by atoms with Crippen molar-refractivity contribution in [2.24, 2.45) is 0 Å². The van der Waals surface area contributed by atoms with Gasteiger partial charge in [0.05, 0.1) is 17.7 Å². The van der Waals surface area contributed by atoms with Gasteiger partial charge in [0.15, 0.2) is 6.29 Å². The van der Waals surface area contributed by atoms with E-state index in [-0.39, 0.29) is 5.82 Å². The van der Waals surface area contributed by atoms with Crippen LogP contribution < -0.4 is 0 Å². The Labute approximate surface area is 90.1 Å². The predicted octanol–water partition coefficient (Wildman–Crippen LogP) is 3.02. The van der Waals surface area contributed by atoms with Gasteiger partial charge in [-0.3, -0.25) is 0 Å². The first kappa shape index (κ1) is 10.1. The van der Waals surface area contributed by atoms with Gasteiger partial charge in [-0.05, 0) is 34.5 Å². The van der Waals surface area contributed by atoms with Crippen molar-refractivity contribution in [3.63, 3.8) is 0 Å². The predicted molar refractivity (Wildman–Crippen MR) is 53.4 cm³/mol. The molecule has 1 aliphatic rings. The molecular formula is C10H10BrFO2. The summed E-state index contributed by atoms with van der Waals surface area (Å²) in [6.07, 6.45) is 0.488. The van der Waals surface area contributed by atoms with Crippen molar-refractivity contribution in [3.05, 3.63) is 34.1 Å². The molecule has 0 aromatic heterocycles. The maximum absolute atomic E-state index is 13.2. The number of ether oxygens (including phenoxy) is 2. The maximum atomic E-state index is 13.2. The number of halogens is 2. The van der Waals surface area contributed by atoms with Gasteiger partial charge < -0.3 is 9.47 Å². The van der Waals surface area contributed by atoms with Crippen LogP contribution in [0.1, 0.15) is 18.3 Å². The van der Waals surface area contributed by atoms with Crippen LogP contribution in [-0.4, -0.2) is 13.2 Å². The first-order valence-corrected chi connectivity index (χ1v) is 5.25. The topological polar surface area (TPSA) is 18.5 Å². The van der Waals surface area contributed by atoms with Gasteiger partial charge in [-0.1, -0.05) is 6.07 Å². The van der Waals surface area contributed by atoms with Crippen molar-refractivity contribution in [1.29, 1.82) is 0 Å². The van der Waals surface area contributed by atoms with E-state index in [4.69, 9.17) is 9.47 Å². The Morgan fingerprint density at radius 1 is 1.29 bits per heavy atom. The minimum atomic E-state index is -0.411. The molecule has 76 valence electrons. The van der Waals surface area contributed by atoms with Gasteiger partial charge in [0.1, 0.15) is 5.82 Å². The summed E-state index contributed by atoms with van der Waals surface area (Å²) in [7, 11) is 0. The van der Waals surface area contributed by atoms with Gasteiger partial charge in [-0.25, -0.2) is 4.39 Å². The zero-order valence-electron chi connectivity index (χ0n) is 7.50. The van der Waals surface area contributed by atoms with Gasteiger partial charge in [-0.2, -0.15) is 0 Å². The van der Waals surface area contributed by atoms with E-state index in [0.717, 1.165) is 12.0 Å². The number of rotatable bonds is 1. The summed E-state index contributed by atoms with van der Waals surface area (Å²) < 4.78 is 24.3. The third-order valence-electron chi connectivity index (χ3n) is 2.04. The monoisotopic (exact) mass is 260 g/mol. The van der Waals surface area contributed by atoms with Crippen LogP contribution in [0.4, 0.5) is 4.39 Å². The number of hydrogen-bond acceptors (Lipinski definition) is 2. The third-order valence-corrected chi connectivity index (χ3v) is 2.69. The summed E-state index contributed by atoms with van der Waals surface area (Å²) in [6.45, 7) is 1.34. The van der Waals surface area contributed by atoms with Gasteiger partial charge >= 0.3 is 0 Å². The van der Waals surface area contributed by atoms with E-state index in [1.54, 1.807) is 12.1 Å². The van der Waals surface area contributed by atoms with Crippen molar-refractivity contribution in [2.45, 2.75) is 12.7 Å². The Morgan fingerprint density at radius 3 is 2.64 bits per heavy atom. The highest BCUT2D eigenvalue weighted by atomic mass is 79.9. The molecule has 2 rings (SSSR count). The average Bonchev–Trinajstić information content (AvgIpc) is 2.23. The van der Waals surface area contributed by atoms with E-state index >= 15 is 0 Å². The molecule has 0 spiro atoms. The molecule has 0 N–H and O–H groups in total. The van der Waals surface area contributed by atoms with Gasteiger partial charge in [0, 0.05) is 5.56 Å². The molecule has 1 fully saturated rings. The fraction of sp³-hybridized carbons (Fsp3) is 0.400. The van der Waals surface area contributed by atoms with Crippen LogP contribution in [0.25, 0.3) is 0 Å². The zero-order chi connectivity index (χ0) is 9.97. The normalized spacial score (nSPS) is 18.4. The summed E-state index contributed by atoms with van der Waals surface area (Å²) in [6, 6.07) is 4.88. The largest absolute Gasteiger partial charge is 0.348 e. The smallest absolute Gasteiger partial charge is 0.183 e. The molecule has 1 aromatic carbocycles. The Balaban J connectivity index is 2.18. The molecule has 0 radical (unpaired) electrons. The second kappa shape index (κ2) is 4.38. The highest BCUT2D eigenvalue weighted by molar-refractivity contribution is 9.10. The van der Waals surface area contributed by atoms with E-state index in [9.17, 15) is 4.39 Å². The van der Waals surface area contributed by atoms with Crippen LogP contribution in [0.2, 0.25) is 0 Å². The molecule has 14 heavy (non-hydrogen) atoms. The lowest BCUT2D eigenvalue weighted by atomic mass is 10.2. The van der Waals surface area contributed by atoms with Crippen LogP contribution in [-0.2, 0) is 9.47 Å². The zero-order valence-corrected chi connectivity index (χ0v) is 9.09. The minimum absolute atomic E-state index is 0.291. The van der Waals surface area contributed by atoms with Crippen molar-refractivity contribution in [1.82, 2.24) is 0 Å². The summed E-state index contributed by atoms with van der Waals surface area (Å²) >= 11 is 3.10. The molecule has 0 aliphatic carbocycles. The molecular weight excluding hydrogens is 251 g/mol. The first-order chi connectivity index (χ1) is 6.77. The summed E-state index contributed by atoms with van der Waals surface area (Å²) in [5.41, 5.74) is 0.727. The first-order valence-electron chi connectivity index (χ1n) is 4.45. The third kappa shape index (κ3) is 2.13. The Bertz CT molecular complexity index is 324. The van der Waals surface area contributed by atoms with Crippen LogP contribution in [0.5, 0.6) is 0 Å². The fourth-order valence-electron chi connectivity index (χ4n) is 1.34. The fourth-order valence-corrected chi connectivity index (χ4v) is 1.59. The minimum Gasteiger partial charge on any atom is -0.348 e. The van der Waals surface area contributed by atoms with Crippen molar-refractivity contribution >= 4 is 15.9 Å². The van der Waals surface area contributed by atoms with E-state index < -0.39 is 6.29 Å². The van der Waals surface area contributed by atoms with E-state index in [1.807, 2.05) is 0 Å². The highest BCUT2D eigenvalue weighted by Crippen LogP contribution is 2.25. The van der Waals surface area contributed by atoms with E-state index in [2.05, 4.69) is 15.9 Å². The molecule has 0 amide bonds. The van der Waals surface area contributed by atoms with Crippen LogP contribution in [0.15, 0.2) is 22.7 Å². The molecule has 1 saturated heterocycles. The Morgan fingerprint density at radius 2 is 2.00 bits per heavy atom. The second-order valence-corrected chi connectivity index (χ2v) is 3.95. The Hall–Kier alpha value is -0.450. The summed E-state index contributed by atoms with van der Waals surface area (Å²) in [4.78, 5) is 0. The molecule has 0 unspecified atom stereocenters. The van der Waals surface area contributed by atoms with Gasteiger partial charge in [-0.15, -0.1) is 0 Å². The van der Waals surface area contributed by atoms with Crippen LogP contribution in [0, 0.1) is 5.82 Å². The lowest BCUT2D eigenvalue weighted by molar-refractivity contribution is -0.183. The molecule has 2 nitrogen and oxygen atoms in total. The molecule has 1 heterocycles. The summed E-state index contributed by atoms with van der Waals surface area (Å²) in [5, 5.41) is 0. The lowest BCUT2D eigenvalue weighted by Crippen LogP contribution is -2.17. The van der Waals surface area contributed by atoms with Crippen molar-refractivity contribution < 1.29 is 13.9 Å². The summed E-state index contributed by atoms with van der Waals surface area (Å²) in [5.74, 6) is -0.291. The van der Waals surface area contributed by atoms with Crippen LogP contribution in [0.3, 0.4) is 0 Å². The molecule has 1 aromatic rings. The van der Waals surface area contributed by atoms with E-state index in [0.29, 0.717) is 17.7 Å².